The third-order valence-electron chi connectivity index (χ3n) is 2.35. The maximum absolute atomic E-state index is 10.7. The van der Waals surface area contributed by atoms with E-state index in [4.69, 9.17) is 9.84 Å². The van der Waals surface area contributed by atoms with Gasteiger partial charge in [0.15, 0.2) is 0 Å². The number of carbonyl (C=O) groups is 1. The number of aryl methyl sites for hydroxylation is 1. The molecule has 0 unspecified atom stereocenters. The first kappa shape index (κ1) is 12.6. The summed E-state index contributed by atoms with van der Waals surface area (Å²) in [4.78, 5) is 24.4. The van der Waals surface area contributed by atoms with Crippen molar-refractivity contribution in [2.75, 3.05) is 0 Å². The zero-order valence-corrected chi connectivity index (χ0v) is 9.81. The fourth-order valence-electron chi connectivity index (χ4n) is 1.43. The summed E-state index contributed by atoms with van der Waals surface area (Å²) in [5, 5.41) is 19.5. The molecule has 0 aliphatic rings. The molecule has 0 radical (unpaired) electrons. The number of ether oxygens (including phenoxy) is 1. The van der Waals surface area contributed by atoms with Crippen molar-refractivity contribution in [2.45, 2.75) is 0 Å². The van der Waals surface area contributed by atoms with Gasteiger partial charge in [0.25, 0.3) is 0 Å². The summed E-state index contributed by atoms with van der Waals surface area (Å²) < 4.78 is 6.71. The molecule has 0 saturated heterocycles. The lowest BCUT2D eigenvalue weighted by atomic mass is 10.2. The zero-order valence-electron chi connectivity index (χ0n) is 9.81. The van der Waals surface area contributed by atoms with Gasteiger partial charge in [-0.1, -0.05) is 0 Å². The van der Waals surface area contributed by atoms with Crippen molar-refractivity contribution in [3.05, 3.63) is 46.3 Å². The van der Waals surface area contributed by atoms with Crippen LogP contribution in [0.2, 0.25) is 0 Å². The van der Waals surface area contributed by atoms with E-state index in [2.05, 4.69) is 4.98 Å². The van der Waals surface area contributed by atoms with Gasteiger partial charge in [0, 0.05) is 7.05 Å². The van der Waals surface area contributed by atoms with Gasteiger partial charge >= 0.3 is 17.7 Å². The van der Waals surface area contributed by atoms with Crippen LogP contribution in [-0.2, 0) is 7.05 Å². The lowest BCUT2D eigenvalue weighted by Gasteiger charge is -2.05. The highest BCUT2D eigenvalue weighted by Gasteiger charge is 2.22. The third-order valence-corrected chi connectivity index (χ3v) is 2.35. The summed E-state index contributed by atoms with van der Waals surface area (Å²) in [6.07, 6.45) is 1.26. The highest BCUT2D eigenvalue weighted by Crippen LogP contribution is 2.29. The number of hydrogen-bond donors (Lipinski definition) is 1. The number of carboxylic acid groups (broad SMARTS) is 1. The zero-order chi connectivity index (χ0) is 14.0. The van der Waals surface area contributed by atoms with Gasteiger partial charge in [0.2, 0.25) is 6.33 Å². The molecule has 1 aromatic carbocycles. The lowest BCUT2D eigenvalue weighted by Crippen LogP contribution is -1.98. The molecule has 98 valence electrons. The van der Waals surface area contributed by atoms with Crippen LogP contribution in [0.25, 0.3) is 0 Å². The molecule has 1 N–H and O–H groups in total. The van der Waals surface area contributed by atoms with E-state index in [1.165, 1.54) is 35.2 Å². The largest absolute Gasteiger partial charge is 0.478 e. The second kappa shape index (κ2) is 4.77. The number of aromatic nitrogens is 2. The Morgan fingerprint density at radius 3 is 2.58 bits per heavy atom. The van der Waals surface area contributed by atoms with Crippen LogP contribution >= 0.6 is 0 Å². The van der Waals surface area contributed by atoms with E-state index in [1.807, 2.05) is 0 Å². The molecule has 2 aromatic rings. The molecule has 0 bridgehead atoms. The standard InChI is InChI=1S/C11H9N3O5/c1-13-6-12-9(14(17)18)10(13)19-8-4-2-7(3-5-8)11(15)16/h2-6H,1H3,(H,15,16). The van der Waals surface area contributed by atoms with Crippen LogP contribution in [0.5, 0.6) is 11.6 Å². The van der Waals surface area contributed by atoms with Crippen LogP contribution in [0.4, 0.5) is 5.82 Å². The Morgan fingerprint density at radius 1 is 1.42 bits per heavy atom. The quantitative estimate of drug-likeness (QED) is 0.665. The van der Waals surface area contributed by atoms with Crippen molar-refractivity contribution >= 4 is 11.8 Å². The van der Waals surface area contributed by atoms with E-state index in [9.17, 15) is 14.9 Å². The number of aromatic carboxylic acids is 1. The van der Waals surface area contributed by atoms with E-state index in [0.717, 1.165) is 0 Å². The van der Waals surface area contributed by atoms with Crippen LogP contribution in [0, 0.1) is 10.1 Å². The maximum atomic E-state index is 10.7. The molecule has 8 heteroatoms. The van der Waals surface area contributed by atoms with Gasteiger partial charge in [-0.25, -0.2) is 4.79 Å². The molecule has 8 nitrogen and oxygen atoms in total. The first-order chi connectivity index (χ1) is 8.99. The number of benzene rings is 1. The van der Waals surface area contributed by atoms with Gasteiger partial charge in [-0.3, -0.25) is 4.57 Å². The molecule has 0 amide bonds. The topological polar surface area (TPSA) is 107 Å². The monoisotopic (exact) mass is 263 g/mol. The minimum absolute atomic E-state index is 0.0203. The molecule has 0 spiro atoms. The lowest BCUT2D eigenvalue weighted by molar-refractivity contribution is -0.390. The molecule has 0 saturated carbocycles. The number of nitro groups is 1. The second-order valence-electron chi connectivity index (χ2n) is 3.67. The highest BCUT2D eigenvalue weighted by molar-refractivity contribution is 5.87. The predicted molar refractivity (Wildman–Crippen MR) is 63.3 cm³/mol. The second-order valence-corrected chi connectivity index (χ2v) is 3.67. The summed E-state index contributed by atoms with van der Waals surface area (Å²) in [5.74, 6) is -1.19. The summed E-state index contributed by atoms with van der Waals surface area (Å²) >= 11 is 0. The minimum Gasteiger partial charge on any atom is -0.478 e. The smallest absolute Gasteiger partial charge is 0.427 e. The van der Waals surface area contributed by atoms with Crippen LogP contribution in [0.15, 0.2) is 30.6 Å². The highest BCUT2D eigenvalue weighted by atomic mass is 16.6. The number of carboxylic acids is 1. The maximum Gasteiger partial charge on any atom is 0.427 e. The van der Waals surface area contributed by atoms with Crippen LogP contribution < -0.4 is 4.74 Å². The number of imidazole rings is 1. The Morgan fingerprint density at radius 2 is 2.05 bits per heavy atom. The summed E-state index contributed by atoms with van der Waals surface area (Å²) in [5.41, 5.74) is 0.104. The minimum atomic E-state index is -1.06. The van der Waals surface area contributed by atoms with E-state index in [0.29, 0.717) is 0 Å². The Balaban J connectivity index is 2.28. The van der Waals surface area contributed by atoms with Crippen molar-refractivity contribution in [1.29, 1.82) is 0 Å². The molecule has 1 aromatic heterocycles. The average molecular weight is 263 g/mol. The third kappa shape index (κ3) is 2.51. The average Bonchev–Trinajstić information content (AvgIpc) is 2.72. The number of rotatable bonds is 4. The molecule has 0 atom stereocenters. The van der Waals surface area contributed by atoms with E-state index in [-0.39, 0.29) is 17.2 Å². The predicted octanol–water partition coefficient (Wildman–Crippen LogP) is 1.82. The SMILES string of the molecule is Cn1cnc([N+](=O)[O-])c1Oc1ccc(C(=O)O)cc1. The van der Waals surface area contributed by atoms with Crippen LogP contribution in [0.1, 0.15) is 10.4 Å². The molecular formula is C11H9N3O5. The Kier molecular flexibility index (Phi) is 3.15. The van der Waals surface area contributed by atoms with E-state index < -0.39 is 16.7 Å². The van der Waals surface area contributed by atoms with Gasteiger partial charge < -0.3 is 20.0 Å². The van der Waals surface area contributed by atoms with Crippen molar-refractivity contribution in [3.8, 4) is 11.6 Å². The normalized spacial score (nSPS) is 10.2. The van der Waals surface area contributed by atoms with Crippen LogP contribution in [0.3, 0.4) is 0 Å². The van der Waals surface area contributed by atoms with E-state index >= 15 is 0 Å². The fourth-order valence-corrected chi connectivity index (χ4v) is 1.43. The molecule has 0 fully saturated rings. The molecule has 0 aliphatic carbocycles. The van der Waals surface area contributed by atoms with Gasteiger partial charge in [-0.05, 0) is 34.2 Å². The summed E-state index contributed by atoms with van der Waals surface area (Å²) in [6, 6.07) is 5.53. The van der Waals surface area contributed by atoms with Crippen molar-refractivity contribution in [1.82, 2.24) is 9.55 Å². The molecule has 19 heavy (non-hydrogen) atoms. The van der Waals surface area contributed by atoms with Gasteiger partial charge in [-0.2, -0.15) is 0 Å². The number of nitrogens with zero attached hydrogens (tertiary/aromatic N) is 3. The Labute approximate surface area is 107 Å². The van der Waals surface area contributed by atoms with Crippen molar-refractivity contribution < 1.29 is 19.6 Å². The van der Waals surface area contributed by atoms with Crippen molar-refractivity contribution in [3.63, 3.8) is 0 Å². The molecule has 1 heterocycles. The van der Waals surface area contributed by atoms with Gasteiger partial charge in [0.05, 0.1) is 5.56 Å². The Bertz CT molecular complexity index is 632. The van der Waals surface area contributed by atoms with Gasteiger partial charge in [-0.15, -0.1) is 0 Å². The first-order valence-electron chi connectivity index (χ1n) is 5.16. The molecular weight excluding hydrogens is 254 g/mol. The van der Waals surface area contributed by atoms with Crippen LogP contribution in [-0.4, -0.2) is 25.6 Å². The summed E-state index contributed by atoms with van der Waals surface area (Å²) in [6.45, 7) is 0. The summed E-state index contributed by atoms with van der Waals surface area (Å²) in [7, 11) is 1.56. The fraction of sp³-hybridized carbons (Fsp3) is 0.0909. The van der Waals surface area contributed by atoms with Gasteiger partial charge in [0.1, 0.15) is 5.75 Å². The molecule has 2 rings (SSSR count). The number of hydrogen-bond acceptors (Lipinski definition) is 5. The first-order valence-corrected chi connectivity index (χ1v) is 5.16. The molecule has 0 aliphatic heterocycles. The van der Waals surface area contributed by atoms with E-state index in [1.54, 1.807) is 7.05 Å². The van der Waals surface area contributed by atoms with Crippen molar-refractivity contribution in [2.24, 2.45) is 7.05 Å². The Hall–Kier alpha value is -2.90.